The number of nitrogens with zero attached hydrogens (tertiary/aromatic N) is 1. The van der Waals surface area contributed by atoms with Gasteiger partial charge < -0.3 is 36.4 Å². The predicted octanol–water partition coefficient (Wildman–Crippen LogP) is -0.249. The number of hydrogen-bond donors (Lipinski definition) is 6. The van der Waals surface area contributed by atoms with Crippen LogP contribution >= 0.6 is 0 Å². The molecule has 0 aliphatic heterocycles. The number of rotatable bonds is 7. The standard InChI is InChI=1S/C26H34FN3O7/c1-4-11-7-13(10-29-6-5-27)20(31)17-14(11)8-12-9-15-19(30(2)3)22(33)18(25(28)36)24(35)26(15,37)23(34)16(12)21(17)32/h7,12,15,18-19,22,29,31-33,37H,4-6,8-10H2,1-3H3,(H2,28,36)/t12-,15-,18?,19-,22?,26-/m0/s1. The fourth-order valence-electron chi connectivity index (χ4n) is 6.55. The Morgan fingerprint density at radius 3 is 2.51 bits per heavy atom. The van der Waals surface area contributed by atoms with Crippen molar-refractivity contribution in [2.45, 2.75) is 50.5 Å². The highest BCUT2D eigenvalue weighted by atomic mass is 19.1. The number of aryl methyl sites for hydroxylation is 1. The van der Waals surface area contributed by atoms with E-state index in [1.165, 1.54) is 0 Å². The molecule has 0 bridgehead atoms. The summed E-state index contributed by atoms with van der Waals surface area (Å²) in [7, 11) is 3.22. The molecule has 202 valence electrons. The Labute approximate surface area is 213 Å². The van der Waals surface area contributed by atoms with Gasteiger partial charge in [-0.25, -0.2) is 4.39 Å². The van der Waals surface area contributed by atoms with Crippen molar-refractivity contribution in [2.24, 2.45) is 23.5 Å². The van der Waals surface area contributed by atoms with Crippen molar-refractivity contribution in [1.82, 2.24) is 10.2 Å². The first-order chi connectivity index (χ1) is 17.4. The van der Waals surface area contributed by atoms with Gasteiger partial charge in [0.2, 0.25) is 11.7 Å². The van der Waals surface area contributed by atoms with Gasteiger partial charge >= 0.3 is 0 Å². The molecule has 1 amide bonds. The van der Waals surface area contributed by atoms with Crippen molar-refractivity contribution in [3.05, 3.63) is 33.9 Å². The Morgan fingerprint density at radius 2 is 1.95 bits per heavy atom. The summed E-state index contributed by atoms with van der Waals surface area (Å²) < 4.78 is 12.6. The van der Waals surface area contributed by atoms with Gasteiger partial charge in [-0.1, -0.05) is 13.0 Å². The second-order valence-electron chi connectivity index (χ2n) is 10.4. The van der Waals surface area contributed by atoms with Crippen LogP contribution in [-0.2, 0) is 33.8 Å². The minimum absolute atomic E-state index is 0.0527. The number of aromatic hydroxyl groups is 1. The molecule has 1 aromatic carbocycles. The van der Waals surface area contributed by atoms with Gasteiger partial charge in [0.15, 0.2) is 11.4 Å². The fourth-order valence-corrected chi connectivity index (χ4v) is 6.55. The third-order valence-corrected chi connectivity index (χ3v) is 8.23. The van der Waals surface area contributed by atoms with Gasteiger partial charge in [-0.15, -0.1) is 0 Å². The molecule has 0 heterocycles. The molecule has 0 aromatic heterocycles. The summed E-state index contributed by atoms with van der Waals surface area (Å²) in [4.78, 5) is 40.9. The topological polar surface area (TPSA) is 173 Å². The summed E-state index contributed by atoms with van der Waals surface area (Å²) in [6.45, 7) is 1.51. The van der Waals surface area contributed by atoms with E-state index in [4.69, 9.17) is 5.73 Å². The Kier molecular flexibility index (Phi) is 7.19. The van der Waals surface area contributed by atoms with Gasteiger partial charge in [0.05, 0.1) is 11.7 Å². The van der Waals surface area contributed by atoms with Crippen LogP contribution in [-0.4, -0.2) is 87.9 Å². The van der Waals surface area contributed by atoms with Crippen molar-refractivity contribution in [2.75, 3.05) is 27.3 Å². The minimum Gasteiger partial charge on any atom is -0.507 e. The minimum atomic E-state index is -2.69. The number of ketones is 2. The van der Waals surface area contributed by atoms with Gasteiger partial charge in [0.25, 0.3) is 0 Å². The third kappa shape index (κ3) is 3.96. The van der Waals surface area contributed by atoms with E-state index >= 15 is 0 Å². The Morgan fingerprint density at radius 1 is 1.27 bits per heavy atom. The molecule has 3 aliphatic carbocycles. The van der Waals surface area contributed by atoms with Crippen LogP contribution < -0.4 is 11.1 Å². The lowest BCUT2D eigenvalue weighted by Gasteiger charge is -2.53. The zero-order chi connectivity index (χ0) is 27.4. The first kappa shape index (κ1) is 27.2. The number of carbonyl (C=O) groups excluding carboxylic acids is 3. The lowest BCUT2D eigenvalue weighted by molar-refractivity contribution is -0.184. The van der Waals surface area contributed by atoms with E-state index in [0.29, 0.717) is 17.5 Å². The van der Waals surface area contributed by atoms with E-state index in [-0.39, 0.29) is 42.8 Å². The number of alkyl halides is 1. The van der Waals surface area contributed by atoms with Crippen molar-refractivity contribution >= 4 is 23.2 Å². The summed E-state index contributed by atoms with van der Waals surface area (Å²) in [6.07, 6.45) is -0.636. The molecule has 0 spiro atoms. The Hall–Kier alpha value is -2.86. The highest BCUT2D eigenvalue weighted by molar-refractivity contribution is 6.25. The van der Waals surface area contributed by atoms with E-state index in [1.54, 1.807) is 25.1 Å². The number of benzene rings is 1. The molecule has 6 atom stereocenters. The highest BCUT2D eigenvalue weighted by Crippen LogP contribution is 2.52. The zero-order valence-corrected chi connectivity index (χ0v) is 21.1. The third-order valence-electron chi connectivity index (χ3n) is 8.23. The number of phenolic OH excluding ortho intramolecular Hbond substituents is 1. The van der Waals surface area contributed by atoms with Crippen LogP contribution in [0, 0.1) is 17.8 Å². The summed E-state index contributed by atoms with van der Waals surface area (Å²) >= 11 is 0. The summed E-state index contributed by atoms with van der Waals surface area (Å²) in [5.41, 5.74) is 4.46. The number of Topliss-reactive ketones (excluding diaryl/α,β-unsaturated/α-hetero) is 2. The summed E-state index contributed by atoms with van der Waals surface area (Å²) in [5.74, 6) is -7.65. The number of hydrogen-bond acceptors (Lipinski definition) is 9. The van der Waals surface area contributed by atoms with E-state index < -0.39 is 65.4 Å². The number of amides is 1. The van der Waals surface area contributed by atoms with Crippen LogP contribution in [0.15, 0.2) is 11.6 Å². The van der Waals surface area contributed by atoms with Crippen LogP contribution in [0.4, 0.5) is 4.39 Å². The van der Waals surface area contributed by atoms with Crippen LogP contribution in [0.3, 0.4) is 0 Å². The van der Waals surface area contributed by atoms with E-state index in [0.717, 1.165) is 5.56 Å². The molecule has 2 saturated carbocycles. The van der Waals surface area contributed by atoms with Gasteiger partial charge in [0, 0.05) is 36.2 Å². The molecule has 0 saturated heterocycles. The highest BCUT2D eigenvalue weighted by Gasteiger charge is 2.67. The van der Waals surface area contributed by atoms with Crippen molar-refractivity contribution in [3.63, 3.8) is 0 Å². The number of nitrogens with two attached hydrogens (primary N) is 1. The zero-order valence-electron chi connectivity index (χ0n) is 21.1. The molecule has 10 nitrogen and oxygen atoms in total. The van der Waals surface area contributed by atoms with Gasteiger partial charge in [0.1, 0.15) is 24.1 Å². The molecule has 4 rings (SSSR count). The number of likely N-dealkylation sites (N-methyl/N-ethyl adjacent to an activating group) is 1. The van der Waals surface area contributed by atoms with Crippen molar-refractivity contribution in [1.29, 1.82) is 0 Å². The number of fused-ring (bicyclic) bond motifs is 3. The molecular weight excluding hydrogens is 485 g/mol. The second kappa shape index (κ2) is 9.79. The first-order valence-corrected chi connectivity index (χ1v) is 12.4. The van der Waals surface area contributed by atoms with Crippen molar-refractivity contribution in [3.8, 4) is 5.75 Å². The number of nitrogens with one attached hydrogen (secondary N) is 1. The fraction of sp³-hybridized carbons (Fsp3) is 0.577. The molecule has 2 unspecified atom stereocenters. The maximum Gasteiger partial charge on any atom is 0.230 e. The van der Waals surface area contributed by atoms with Crippen molar-refractivity contribution < 1.29 is 39.2 Å². The SMILES string of the molecule is CCc1cc(CNCCF)c(O)c2c1C[C@H]1C[C@H]3[C@H](N(C)C)C(O)C(C(N)=O)C(=O)[C@@]3(O)C(=O)C1=C2O. The maximum absolute atomic E-state index is 13.9. The Balaban J connectivity index is 1.89. The smallest absolute Gasteiger partial charge is 0.230 e. The monoisotopic (exact) mass is 519 g/mol. The van der Waals surface area contributed by atoms with E-state index in [1.807, 2.05) is 6.92 Å². The predicted molar refractivity (Wildman–Crippen MR) is 131 cm³/mol. The molecule has 11 heteroatoms. The second-order valence-corrected chi connectivity index (χ2v) is 10.4. The number of phenols is 1. The average Bonchev–Trinajstić information content (AvgIpc) is 2.82. The molecule has 3 aliphatic rings. The van der Waals surface area contributed by atoms with E-state index in [9.17, 15) is 39.2 Å². The maximum atomic E-state index is 13.9. The molecule has 2 fully saturated rings. The van der Waals surface area contributed by atoms with Gasteiger partial charge in [-0.05, 0) is 50.4 Å². The lowest BCUT2D eigenvalue weighted by Crippen LogP contribution is -2.73. The van der Waals surface area contributed by atoms with Gasteiger partial charge in [-0.3, -0.25) is 14.4 Å². The Bertz CT molecular complexity index is 1180. The normalized spacial score (nSPS) is 31.3. The molecule has 7 N–H and O–H groups in total. The van der Waals surface area contributed by atoms with Crippen LogP contribution in [0.25, 0.3) is 5.76 Å². The summed E-state index contributed by atoms with van der Waals surface area (Å²) in [6, 6.07) is 0.851. The quantitative estimate of drug-likeness (QED) is 0.210. The van der Waals surface area contributed by atoms with E-state index in [2.05, 4.69) is 5.32 Å². The average molecular weight is 520 g/mol. The van der Waals surface area contributed by atoms with Crippen LogP contribution in [0.5, 0.6) is 5.75 Å². The van der Waals surface area contributed by atoms with Crippen LogP contribution in [0.1, 0.15) is 35.6 Å². The number of carbonyl (C=O) groups is 3. The number of aliphatic hydroxyl groups is 3. The first-order valence-electron chi connectivity index (χ1n) is 12.4. The van der Waals surface area contributed by atoms with Gasteiger partial charge in [-0.2, -0.15) is 0 Å². The molecule has 0 radical (unpaired) electrons. The molecule has 1 aromatic rings. The number of primary amides is 1. The lowest BCUT2D eigenvalue weighted by atomic mass is 9.54. The van der Waals surface area contributed by atoms with Crippen LogP contribution in [0.2, 0.25) is 0 Å². The molecular formula is C26H34FN3O7. The largest absolute Gasteiger partial charge is 0.507 e. The molecule has 37 heavy (non-hydrogen) atoms. The number of aliphatic hydroxyl groups excluding tert-OH is 2. The number of halogens is 1. The summed E-state index contributed by atoms with van der Waals surface area (Å²) in [5, 5.41) is 47.8.